The molecular weight excluding hydrogens is 392 g/mol. The molecule has 0 spiro atoms. The highest BCUT2D eigenvalue weighted by Gasteiger charge is 2.40. The van der Waals surface area contributed by atoms with Crippen LogP contribution in [0.5, 0.6) is 0 Å². The van der Waals surface area contributed by atoms with E-state index in [0.29, 0.717) is 26.1 Å². The smallest absolute Gasteiger partial charge is 0.382 e. The zero-order chi connectivity index (χ0) is 18.8. The molecule has 0 aromatic carbocycles. The van der Waals surface area contributed by atoms with Crippen LogP contribution < -0.4 is 0 Å². The minimum atomic E-state index is -4.52. The fraction of sp³-hybridized carbons (Fsp3) is 0.625. The Balaban J connectivity index is 2.09. The number of ether oxygens (including phenoxy) is 1. The van der Waals surface area contributed by atoms with E-state index in [1.54, 1.807) is 0 Å². The Bertz CT molecular complexity index is 660. The third kappa shape index (κ3) is 5.94. The second-order valence-corrected chi connectivity index (χ2v) is 13.7. The first-order valence-electron chi connectivity index (χ1n) is 8.06. The van der Waals surface area contributed by atoms with Gasteiger partial charge in [0.05, 0.1) is 11.3 Å². The van der Waals surface area contributed by atoms with Gasteiger partial charge in [0.15, 0.2) is 0 Å². The molecule has 1 aliphatic carbocycles. The molecule has 0 saturated carbocycles. The molecule has 25 heavy (non-hydrogen) atoms. The zero-order valence-electron chi connectivity index (χ0n) is 14.4. The highest BCUT2D eigenvalue weighted by molar-refractivity contribution is 6.76. The molecule has 9 heteroatoms. The van der Waals surface area contributed by atoms with Crippen molar-refractivity contribution < 1.29 is 17.9 Å². The van der Waals surface area contributed by atoms with Crippen LogP contribution in [0.4, 0.5) is 13.2 Å². The molecule has 1 aromatic rings. The first-order valence-corrected chi connectivity index (χ1v) is 12.5. The van der Waals surface area contributed by atoms with E-state index in [-0.39, 0.29) is 27.6 Å². The van der Waals surface area contributed by atoms with Crippen molar-refractivity contribution in [1.29, 1.82) is 0 Å². The fourth-order valence-corrected chi connectivity index (χ4v) is 3.90. The Morgan fingerprint density at radius 3 is 2.48 bits per heavy atom. The van der Waals surface area contributed by atoms with Crippen molar-refractivity contribution >= 4 is 36.8 Å². The lowest BCUT2D eigenvalue weighted by Crippen LogP contribution is -2.23. The lowest BCUT2D eigenvalue weighted by molar-refractivity contribution is -0.0696. The normalized spacial score (nSPS) is 18.1. The van der Waals surface area contributed by atoms with Gasteiger partial charge >= 0.3 is 6.18 Å². The molecule has 1 heterocycles. The van der Waals surface area contributed by atoms with Crippen LogP contribution in [0.1, 0.15) is 17.7 Å². The average molecular weight is 413 g/mol. The van der Waals surface area contributed by atoms with Gasteiger partial charge in [0.1, 0.15) is 5.15 Å². The highest BCUT2D eigenvalue weighted by Crippen LogP contribution is 2.43. The minimum absolute atomic E-state index is 0.141. The van der Waals surface area contributed by atoms with Crippen LogP contribution in [-0.2, 0) is 11.2 Å². The van der Waals surface area contributed by atoms with Crippen LogP contribution in [0.25, 0.3) is 5.57 Å². The van der Waals surface area contributed by atoms with Gasteiger partial charge in [-0.3, -0.25) is 0 Å². The Hall–Kier alpha value is -0.633. The van der Waals surface area contributed by atoms with Crippen LogP contribution in [0, 0.1) is 5.92 Å². The number of alkyl halides is 3. The van der Waals surface area contributed by atoms with Gasteiger partial charge in [-0.15, -0.1) is 0 Å². The molecule has 1 aliphatic rings. The van der Waals surface area contributed by atoms with E-state index in [1.807, 2.05) is 0 Å². The third-order valence-electron chi connectivity index (χ3n) is 3.97. The molecule has 1 unspecified atom stereocenters. The van der Waals surface area contributed by atoms with Gasteiger partial charge in [-0.1, -0.05) is 37.3 Å². The van der Waals surface area contributed by atoms with Crippen LogP contribution in [0.3, 0.4) is 0 Å². The van der Waals surface area contributed by atoms with Gasteiger partial charge in [-0.25, -0.2) is 9.97 Å². The Morgan fingerprint density at radius 1 is 1.20 bits per heavy atom. The van der Waals surface area contributed by atoms with Crippen molar-refractivity contribution in [2.45, 2.75) is 44.7 Å². The SMILES string of the molecule is C[Si](C)(C)CCOCCC1C=C(C(F)(F)F)c2c(Cl)nc(Cl)nc2C1. The quantitative estimate of drug-likeness (QED) is 0.262. The topological polar surface area (TPSA) is 35.0 Å². The lowest BCUT2D eigenvalue weighted by Gasteiger charge is -2.25. The first kappa shape index (κ1) is 20.7. The van der Waals surface area contributed by atoms with Crippen molar-refractivity contribution in [3.05, 3.63) is 27.8 Å². The van der Waals surface area contributed by atoms with E-state index in [2.05, 4.69) is 29.6 Å². The molecule has 140 valence electrons. The van der Waals surface area contributed by atoms with Crippen LogP contribution in [0.15, 0.2) is 6.08 Å². The number of fused-ring (bicyclic) bond motifs is 1. The van der Waals surface area contributed by atoms with Gasteiger partial charge < -0.3 is 4.74 Å². The minimum Gasteiger partial charge on any atom is -0.382 e. The summed E-state index contributed by atoms with van der Waals surface area (Å²) in [5, 5.41) is -0.402. The molecule has 0 saturated heterocycles. The van der Waals surface area contributed by atoms with Crippen molar-refractivity contribution in [1.82, 2.24) is 9.97 Å². The van der Waals surface area contributed by atoms with Gasteiger partial charge in [0.2, 0.25) is 5.28 Å². The van der Waals surface area contributed by atoms with Gasteiger partial charge in [-0.2, -0.15) is 13.2 Å². The largest absolute Gasteiger partial charge is 0.416 e. The maximum absolute atomic E-state index is 13.4. The number of allylic oxidation sites excluding steroid dienone is 2. The monoisotopic (exact) mass is 412 g/mol. The Morgan fingerprint density at radius 2 is 1.88 bits per heavy atom. The molecular formula is C16H21Cl2F3N2OSi. The van der Waals surface area contributed by atoms with E-state index in [1.165, 1.54) is 6.08 Å². The number of hydrogen-bond acceptors (Lipinski definition) is 3. The van der Waals surface area contributed by atoms with Gasteiger partial charge in [0.25, 0.3) is 0 Å². The van der Waals surface area contributed by atoms with Crippen molar-refractivity contribution in [3.8, 4) is 0 Å². The summed E-state index contributed by atoms with van der Waals surface area (Å²) in [6.45, 7) is 7.81. The first-order chi connectivity index (χ1) is 11.5. The molecule has 3 nitrogen and oxygen atoms in total. The number of aromatic nitrogens is 2. The molecule has 1 atom stereocenters. The van der Waals surface area contributed by atoms with Crippen molar-refractivity contribution in [3.63, 3.8) is 0 Å². The van der Waals surface area contributed by atoms with E-state index in [4.69, 9.17) is 27.9 Å². The summed E-state index contributed by atoms with van der Waals surface area (Å²) in [6, 6.07) is 1.03. The molecule has 0 amide bonds. The van der Waals surface area contributed by atoms with Gasteiger partial charge in [0, 0.05) is 26.9 Å². The summed E-state index contributed by atoms with van der Waals surface area (Å²) in [6.07, 6.45) is -2.47. The highest BCUT2D eigenvalue weighted by atomic mass is 35.5. The number of halogens is 5. The summed E-state index contributed by atoms with van der Waals surface area (Å²) in [5.41, 5.74) is -0.705. The molecule has 1 aromatic heterocycles. The molecule has 0 bridgehead atoms. The predicted molar refractivity (Wildman–Crippen MR) is 96.9 cm³/mol. The van der Waals surface area contributed by atoms with E-state index < -0.39 is 19.8 Å². The van der Waals surface area contributed by atoms with Crippen LogP contribution in [0.2, 0.25) is 36.1 Å². The fourth-order valence-electron chi connectivity index (χ4n) is 2.63. The summed E-state index contributed by atoms with van der Waals surface area (Å²) in [7, 11) is -1.17. The van der Waals surface area contributed by atoms with E-state index in [0.717, 1.165) is 6.04 Å². The van der Waals surface area contributed by atoms with Crippen molar-refractivity contribution in [2.24, 2.45) is 5.92 Å². The third-order valence-corrected chi connectivity index (χ3v) is 6.12. The molecule has 0 N–H and O–H groups in total. The number of hydrogen-bond donors (Lipinski definition) is 0. The number of nitrogens with zero attached hydrogens (tertiary/aromatic N) is 2. The summed E-state index contributed by atoms with van der Waals surface area (Å²) < 4.78 is 45.8. The standard InChI is InChI=1S/C16H21Cl2F3N2OSi/c1-25(2,3)7-6-24-5-4-10-8-11(16(19,20)21)13-12(9-10)22-15(18)23-14(13)17/h8,10H,4-7,9H2,1-3H3. The van der Waals surface area contributed by atoms with Gasteiger partial charge in [-0.05, 0) is 36.4 Å². The Labute approximate surface area is 156 Å². The second kappa shape index (κ2) is 7.94. The summed E-state index contributed by atoms with van der Waals surface area (Å²) in [5.74, 6) is -0.321. The van der Waals surface area contributed by atoms with Crippen LogP contribution >= 0.6 is 23.2 Å². The summed E-state index contributed by atoms with van der Waals surface area (Å²) in [4.78, 5) is 7.60. The maximum Gasteiger partial charge on any atom is 0.416 e. The lowest BCUT2D eigenvalue weighted by atomic mass is 9.86. The molecule has 0 radical (unpaired) electrons. The number of rotatable bonds is 6. The van der Waals surface area contributed by atoms with Crippen LogP contribution in [-0.4, -0.2) is 37.4 Å². The average Bonchev–Trinajstić information content (AvgIpc) is 2.43. The predicted octanol–water partition coefficient (Wildman–Crippen LogP) is 5.65. The van der Waals surface area contributed by atoms with Crippen molar-refractivity contribution in [2.75, 3.05) is 13.2 Å². The maximum atomic E-state index is 13.4. The van der Waals surface area contributed by atoms with E-state index in [9.17, 15) is 13.2 Å². The second-order valence-electron chi connectivity index (χ2n) is 7.36. The Kier molecular flexibility index (Phi) is 6.57. The van der Waals surface area contributed by atoms with E-state index >= 15 is 0 Å². The summed E-state index contributed by atoms with van der Waals surface area (Å²) >= 11 is 11.6. The molecule has 0 aliphatic heterocycles. The molecule has 0 fully saturated rings. The zero-order valence-corrected chi connectivity index (χ0v) is 16.9. The molecule has 2 rings (SSSR count).